The normalized spacial score (nSPS) is 20.6. The highest BCUT2D eigenvalue weighted by atomic mass is 16.4. The number of carbonyl (C=O) groups excluding carboxylic acids is 1. The van der Waals surface area contributed by atoms with E-state index < -0.39 is 24.1 Å². The van der Waals surface area contributed by atoms with Crippen molar-refractivity contribution in [3.63, 3.8) is 0 Å². The molecule has 1 rings (SSSR count). The molecule has 0 saturated carbocycles. The lowest BCUT2D eigenvalue weighted by atomic mass is 10.1. The molecule has 0 radical (unpaired) electrons. The van der Waals surface area contributed by atoms with Gasteiger partial charge in [0.25, 0.3) is 0 Å². The standard InChI is InChI=1S/C8H13N3O5/c9-6(12)3-5-4-10(7(13)14)1-2-11(5)8(15)16/h5H,1-4H2,(H2,9,12)(H,13,14)(H,15,16). The maximum atomic E-state index is 10.8. The van der Waals surface area contributed by atoms with E-state index in [9.17, 15) is 14.4 Å². The third-order valence-electron chi connectivity index (χ3n) is 2.44. The van der Waals surface area contributed by atoms with E-state index in [0.29, 0.717) is 0 Å². The van der Waals surface area contributed by atoms with Crippen molar-refractivity contribution in [2.75, 3.05) is 19.6 Å². The van der Waals surface area contributed by atoms with Gasteiger partial charge in [0.15, 0.2) is 0 Å². The monoisotopic (exact) mass is 231 g/mol. The first kappa shape index (κ1) is 12.1. The Labute approximate surface area is 91.2 Å². The van der Waals surface area contributed by atoms with Gasteiger partial charge in [-0.3, -0.25) is 4.79 Å². The molecule has 1 unspecified atom stereocenters. The quantitative estimate of drug-likeness (QED) is 0.574. The third-order valence-corrected chi connectivity index (χ3v) is 2.44. The van der Waals surface area contributed by atoms with E-state index in [4.69, 9.17) is 15.9 Å². The number of piperazine rings is 1. The Hall–Kier alpha value is -1.99. The van der Waals surface area contributed by atoms with E-state index in [-0.39, 0.29) is 26.1 Å². The summed E-state index contributed by atoms with van der Waals surface area (Å²) in [7, 11) is 0. The summed E-state index contributed by atoms with van der Waals surface area (Å²) in [5.74, 6) is -0.650. The fraction of sp³-hybridized carbons (Fsp3) is 0.625. The molecule has 0 aromatic carbocycles. The zero-order valence-corrected chi connectivity index (χ0v) is 8.50. The van der Waals surface area contributed by atoms with E-state index in [1.807, 2.05) is 0 Å². The molecule has 0 spiro atoms. The number of nitrogens with zero attached hydrogens (tertiary/aromatic N) is 2. The van der Waals surface area contributed by atoms with Gasteiger partial charge in [0.05, 0.1) is 6.04 Å². The molecule has 0 bridgehead atoms. The largest absolute Gasteiger partial charge is 0.465 e. The number of primary amides is 1. The van der Waals surface area contributed by atoms with Crippen LogP contribution in [0.3, 0.4) is 0 Å². The van der Waals surface area contributed by atoms with Crippen LogP contribution in [0.2, 0.25) is 0 Å². The van der Waals surface area contributed by atoms with Crippen molar-refractivity contribution in [3.8, 4) is 0 Å². The van der Waals surface area contributed by atoms with E-state index in [1.165, 1.54) is 0 Å². The van der Waals surface area contributed by atoms with Crippen molar-refractivity contribution in [1.82, 2.24) is 9.80 Å². The summed E-state index contributed by atoms with van der Waals surface area (Å²) in [6.07, 6.45) is -2.47. The van der Waals surface area contributed by atoms with Gasteiger partial charge in [-0.15, -0.1) is 0 Å². The first-order valence-corrected chi connectivity index (χ1v) is 4.67. The number of hydrogen-bond acceptors (Lipinski definition) is 3. The smallest absolute Gasteiger partial charge is 0.407 e. The van der Waals surface area contributed by atoms with Crippen molar-refractivity contribution in [2.24, 2.45) is 5.73 Å². The second-order valence-corrected chi connectivity index (χ2v) is 3.53. The first-order valence-electron chi connectivity index (χ1n) is 4.67. The molecule has 1 heterocycles. The maximum Gasteiger partial charge on any atom is 0.407 e. The minimum atomic E-state index is -1.17. The lowest BCUT2D eigenvalue weighted by molar-refractivity contribution is -0.119. The van der Waals surface area contributed by atoms with E-state index in [1.54, 1.807) is 0 Å². The van der Waals surface area contributed by atoms with Crippen LogP contribution in [-0.2, 0) is 4.79 Å². The molecule has 90 valence electrons. The Balaban J connectivity index is 2.72. The topological polar surface area (TPSA) is 124 Å². The molecule has 1 atom stereocenters. The summed E-state index contributed by atoms with van der Waals surface area (Å²) in [5.41, 5.74) is 4.98. The Morgan fingerprint density at radius 2 is 1.81 bits per heavy atom. The number of rotatable bonds is 2. The van der Waals surface area contributed by atoms with Crippen molar-refractivity contribution in [1.29, 1.82) is 0 Å². The lowest BCUT2D eigenvalue weighted by Gasteiger charge is -2.38. The van der Waals surface area contributed by atoms with Crippen molar-refractivity contribution in [3.05, 3.63) is 0 Å². The molecule has 1 aliphatic heterocycles. The number of hydrogen-bond donors (Lipinski definition) is 3. The number of carboxylic acid groups (broad SMARTS) is 2. The van der Waals surface area contributed by atoms with Crippen LogP contribution in [0.15, 0.2) is 0 Å². The van der Waals surface area contributed by atoms with Gasteiger partial charge < -0.3 is 25.7 Å². The summed E-state index contributed by atoms with van der Waals surface area (Å²) in [4.78, 5) is 34.4. The SMILES string of the molecule is NC(=O)CC1CN(C(=O)O)CCN1C(=O)O. The van der Waals surface area contributed by atoms with Gasteiger partial charge in [-0.25, -0.2) is 9.59 Å². The van der Waals surface area contributed by atoms with Gasteiger partial charge >= 0.3 is 12.2 Å². The Bertz CT molecular complexity index is 319. The molecule has 4 N–H and O–H groups in total. The average molecular weight is 231 g/mol. The molecule has 0 aliphatic carbocycles. The average Bonchev–Trinajstić information content (AvgIpc) is 2.15. The second-order valence-electron chi connectivity index (χ2n) is 3.53. The van der Waals surface area contributed by atoms with Crippen LogP contribution in [0.5, 0.6) is 0 Å². The molecule has 1 aliphatic rings. The molecule has 3 amide bonds. The molecular formula is C8H13N3O5. The number of nitrogens with two attached hydrogens (primary N) is 1. The highest BCUT2D eigenvalue weighted by Gasteiger charge is 2.33. The van der Waals surface area contributed by atoms with Crippen molar-refractivity contribution >= 4 is 18.1 Å². The van der Waals surface area contributed by atoms with Crippen molar-refractivity contribution in [2.45, 2.75) is 12.5 Å². The fourth-order valence-electron chi connectivity index (χ4n) is 1.69. The summed E-state index contributed by atoms with van der Waals surface area (Å²) in [6, 6.07) is -0.695. The summed E-state index contributed by atoms with van der Waals surface area (Å²) in [5, 5.41) is 17.6. The van der Waals surface area contributed by atoms with E-state index in [2.05, 4.69) is 0 Å². The summed E-state index contributed by atoms with van der Waals surface area (Å²) in [6.45, 7) is 0.140. The highest BCUT2D eigenvalue weighted by molar-refractivity contribution is 5.76. The number of amides is 3. The van der Waals surface area contributed by atoms with Gasteiger partial charge in [-0.05, 0) is 0 Å². The van der Waals surface area contributed by atoms with Crippen LogP contribution >= 0.6 is 0 Å². The zero-order valence-electron chi connectivity index (χ0n) is 8.50. The van der Waals surface area contributed by atoms with Gasteiger partial charge in [0, 0.05) is 26.1 Å². The van der Waals surface area contributed by atoms with Gasteiger partial charge in [0.2, 0.25) is 5.91 Å². The molecule has 8 nitrogen and oxygen atoms in total. The van der Waals surface area contributed by atoms with Gasteiger partial charge in [0.1, 0.15) is 0 Å². The van der Waals surface area contributed by atoms with Crippen LogP contribution < -0.4 is 5.73 Å². The predicted octanol–water partition coefficient (Wildman–Crippen LogP) is -0.796. The van der Waals surface area contributed by atoms with Crippen LogP contribution in [0.1, 0.15) is 6.42 Å². The highest BCUT2D eigenvalue weighted by Crippen LogP contribution is 2.13. The molecule has 0 aromatic rings. The second kappa shape index (κ2) is 4.69. The Morgan fingerprint density at radius 1 is 1.19 bits per heavy atom. The minimum absolute atomic E-state index is 0.0232. The van der Waals surface area contributed by atoms with Crippen LogP contribution in [0.25, 0.3) is 0 Å². The molecule has 16 heavy (non-hydrogen) atoms. The number of carbonyl (C=O) groups is 3. The first-order chi connectivity index (χ1) is 7.41. The van der Waals surface area contributed by atoms with Crippen LogP contribution in [0.4, 0.5) is 9.59 Å². The van der Waals surface area contributed by atoms with Gasteiger partial charge in [-0.2, -0.15) is 0 Å². The predicted molar refractivity (Wildman–Crippen MR) is 51.9 cm³/mol. The summed E-state index contributed by atoms with van der Waals surface area (Å²) < 4.78 is 0. The zero-order chi connectivity index (χ0) is 12.3. The maximum absolute atomic E-state index is 10.8. The lowest BCUT2D eigenvalue weighted by Crippen LogP contribution is -2.56. The van der Waals surface area contributed by atoms with E-state index >= 15 is 0 Å². The van der Waals surface area contributed by atoms with Crippen molar-refractivity contribution < 1.29 is 24.6 Å². The fourth-order valence-corrected chi connectivity index (χ4v) is 1.69. The molecular weight excluding hydrogens is 218 g/mol. The van der Waals surface area contributed by atoms with Crippen LogP contribution in [-0.4, -0.2) is 63.8 Å². The third kappa shape index (κ3) is 2.75. The van der Waals surface area contributed by atoms with Gasteiger partial charge in [-0.1, -0.05) is 0 Å². The minimum Gasteiger partial charge on any atom is -0.465 e. The summed E-state index contributed by atoms with van der Waals surface area (Å²) >= 11 is 0. The van der Waals surface area contributed by atoms with E-state index in [0.717, 1.165) is 9.80 Å². The molecule has 1 fully saturated rings. The van der Waals surface area contributed by atoms with Crippen LogP contribution in [0, 0.1) is 0 Å². The molecule has 0 aromatic heterocycles. The Kier molecular flexibility index (Phi) is 3.54. The molecule has 8 heteroatoms. The molecule has 1 saturated heterocycles. The Morgan fingerprint density at radius 3 is 2.25 bits per heavy atom.